The van der Waals surface area contributed by atoms with Gasteiger partial charge in [0.2, 0.25) is 0 Å². The summed E-state index contributed by atoms with van der Waals surface area (Å²) in [5.41, 5.74) is -5.81. The Morgan fingerprint density at radius 2 is 1.14 bits per heavy atom. The number of fused-ring (bicyclic) bond motifs is 8. The number of carbonyl (C=O) groups is 6. The average Bonchev–Trinajstić information content (AvgIpc) is 2.76. The monoisotopic (exact) mass is 504 g/mol. The molecule has 192 valence electrons. The van der Waals surface area contributed by atoms with Crippen molar-refractivity contribution in [2.75, 3.05) is 0 Å². The van der Waals surface area contributed by atoms with Gasteiger partial charge in [-0.15, -0.1) is 0 Å². The molecule has 4 heterocycles. The first-order chi connectivity index (χ1) is 16.1. The summed E-state index contributed by atoms with van der Waals surface area (Å²) in [6.07, 6.45) is -7.52. The molecule has 0 aromatic rings. The van der Waals surface area contributed by atoms with Gasteiger partial charge in [0.25, 0.3) is 0 Å². The van der Waals surface area contributed by atoms with Gasteiger partial charge in [-0.2, -0.15) is 0 Å². The highest BCUT2D eigenvalue weighted by Crippen LogP contribution is 2.51. The predicted octanol–water partition coefficient (Wildman–Crippen LogP) is -3.48. The largest absolute Gasteiger partial charge is 0.464 e. The molecular formula is C19H20O16. The van der Waals surface area contributed by atoms with Gasteiger partial charge in [-0.3, -0.25) is 19.2 Å². The maximum absolute atomic E-state index is 12.9. The van der Waals surface area contributed by atoms with Gasteiger partial charge in [0.05, 0.1) is 25.7 Å². The van der Waals surface area contributed by atoms with Crippen molar-refractivity contribution < 1.29 is 77.6 Å². The summed E-state index contributed by atoms with van der Waals surface area (Å²) in [7, 11) is 0. The number of hydrogen-bond acceptors (Lipinski definition) is 16. The molecule has 4 bridgehead atoms. The van der Waals surface area contributed by atoms with Gasteiger partial charge < -0.3 is 48.8 Å². The highest BCUT2D eigenvalue weighted by molar-refractivity contribution is 5.94. The van der Waals surface area contributed by atoms with Gasteiger partial charge in [0.1, 0.15) is 0 Å². The molecule has 35 heavy (non-hydrogen) atoms. The van der Waals surface area contributed by atoms with Crippen molar-refractivity contribution in [3.8, 4) is 0 Å². The zero-order valence-corrected chi connectivity index (χ0v) is 18.0. The quantitative estimate of drug-likeness (QED) is 0.211. The normalized spacial score (nSPS) is 43.6. The predicted molar refractivity (Wildman–Crippen MR) is 96.2 cm³/mol. The third-order valence-corrected chi connectivity index (χ3v) is 5.90. The minimum Gasteiger partial charge on any atom is -0.455 e. The van der Waals surface area contributed by atoms with Crippen LogP contribution in [0.4, 0.5) is 0 Å². The molecule has 4 N–H and O–H groups in total. The van der Waals surface area contributed by atoms with Crippen LogP contribution in [-0.2, 0) is 57.2 Å². The lowest BCUT2D eigenvalue weighted by atomic mass is 9.87. The van der Waals surface area contributed by atoms with Crippen molar-refractivity contribution in [3.05, 3.63) is 0 Å². The smallest absolute Gasteiger partial charge is 0.455 e. The number of rotatable bonds is 2. The minimum absolute atomic E-state index is 0.0534. The molecule has 4 saturated heterocycles. The Morgan fingerprint density at radius 1 is 0.686 bits per heavy atom. The Kier molecular flexibility index (Phi) is 5.36. The molecule has 0 aliphatic carbocycles. The number of esters is 6. The van der Waals surface area contributed by atoms with Crippen molar-refractivity contribution in [2.45, 2.75) is 80.3 Å². The first-order valence-electron chi connectivity index (χ1n) is 10.3. The van der Waals surface area contributed by atoms with Crippen LogP contribution in [0, 0.1) is 0 Å². The van der Waals surface area contributed by atoms with Crippen molar-refractivity contribution in [1.29, 1.82) is 0 Å². The summed E-state index contributed by atoms with van der Waals surface area (Å²) in [4.78, 5) is 75.8. The number of ether oxygens (including phenoxy) is 6. The average molecular weight is 504 g/mol. The standard InChI is InChI=1S/C19H20O16/c1-2-3-8-17(28)18(31-10(21)5-15(26,13(24)34-17)4-9(20)30-8)19(29)33-12(23)7-16(27,14(25)35-19)6-11(22)32-18/h8,26-29H,2-7H2,1H3. The minimum atomic E-state index is -4.08. The summed E-state index contributed by atoms with van der Waals surface area (Å²) in [5, 5.41) is 43.9. The van der Waals surface area contributed by atoms with E-state index >= 15 is 0 Å². The number of aliphatic hydroxyl groups is 4. The third kappa shape index (κ3) is 3.51. The third-order valence-electron chi connectivity index (χ3n) is 5.90. The number of carbonyl (C=O) groups excluding carboxylic acids is 6. The van der Waals surface area contributed by atoms with Crippen LogP contribution in [0.3, 0.4) is 0 Å². The van der Waals surface area contributed by atoms with Crippen LogP contribution in [0.5, 0.6) is 0 Å². The molecule has 1 spiro atoms. The fourth-order valence-corrected chi connectivity index (χ4v) is 4.23. The molecule has 0 amide bonds. The molecule has 0 radical (unpaired) electrons. The van der Waals surface area contributed by atoms with Gasteiger partial charge >= 0.3 is 53.4 Å². The van der Waals surface area contributed by atoms with E-state index in [1.54, 1.807) is 0 Å². The van der Waals surface area contributed by atoms with E-state index in [1.165, 1.54) is 6.92 Å². The first-order valence-corrected chi connectivity index (χ1v) is 10.3. The number of hydrogen-bond donors (Lipinski definition) is 4. The van der Waals surface area contributed by atoms with Crippen molar-refractivity contribution >= 4 is 35.8 Å². The van der Waals surface area contributed by atoms with Gasteiger partial charge in [-0.25, -0.2) is 9.59 Å². The highest BCUT2D eigenvalue weighted by Gasteiger charge is 2.84. The Morgan fingerprint density at radius 3 is 1.66 bits per heavy atom. The van der Waals surface area contributed by atoms with Gasteiger partial charge in [-0.05, 0) is 6.42 Å². The molecule has 16 heteroatoms. The molecule has 16 nitrogen and oxygen atoms in total. The molecule has 4 fully saturated rings. The summed E-state index contributed by atoms with van der Waals surface area (Å²) in [5.74, 6) is -21.7. The summed E-state index contributed by atoms with van der Waals surface area (Å²) >= 11 is 0. The zero-order chi connectivity index (χ0) is 26.0. The Bertz CT molecular complexity index is 1040. The molecule has 6 unspecified atom stereocenters. The van der Waals surface area contributed by atoms with E-state index in [4.69, 9.17) is 18.9 Å². The summed E-state index contributed by atoms with van der Waals surface area (Å²) in [6, 6.07) is 0. The van der Waals surface area contributed by atoms with Gasteiger partial charge in [0, 0.05) is 0 Å². The van der Waals surface area contributed by atoms with E-state index < -0.39 is 103 Å². The van der Waals surface area contributed by atoms with E-state index in [-0.39, 0.29) is 6.42 Å². The molecular weight excluding hydrogens is 484 g/mol. The lowest BCUT2D eigenvalue weighted by Gasteiger charge is -2.52. The highest BCUT2D eigenvalue weighted by atomic mass is 16.9. The van der Waals surface area contributed by atoms with Crippen LogP contribution < -0.4 is 0 Å². The van der Waals surface area contributed by atoms with E-state index in [1.807, 2.05) is 0 Å². The maximum Gasteiger partial charge on any atom is 0.464 e. The van der Waals surface area contributed by atoms with Crippen molar-refractivity contribution in [3.63, 3.8) is 0 Å². The zero-order valence-electron chi connectivity index (χ0n) is 18.0. The molecule has 6 atom stereocenters. The van der Waals surface area contributed by atoms with Crippen molar-refractivity contribution in [1.82, 2.24) is 0 Å². The summed E-state index contributed by atoms with van der Waals surface area (Å²) in [6.45, 7) is 1.50. The Balaban J connectivity index is 2.03. The second-order valence-electron chi connectivity index (χ2n) is 8.63. The molecule has 0 aromatic heterocycles. The lowest BCUT2D eigenvalue weighted by Crippen LogP contribution is -2.80. The van der Waals surface area contributed by atoms with Gasteiger partial charge in [-0.1, -0.05) is 13.3 Å². The van der Waals surface area contributed by atoms with Crippen LogP contribution in [0.1, 0.15) is 45.4 Å². The maximum atomic E-state index is 12.9. The van der Waals surface area contributed by atoms with E-state index in [0.717, 1.165) is 0 Å². The van der Waals surface area contributed by atoms with Crippen LogP contribution in [-0.4, -0.2) is 91.1 Å². The molecule has 4 rings (SSSR count). The summed E-state index contributed by atoms with van der Waals surface area (Å²) < 4.78 is 29.4. The van der Waals surface area contributed by atoms with E-state index in [2.05, 4.69) is 9.47 Å². The SMILES string of the molecule is CCCC1OC(=O)CC2(O)CC(=O)OC3(OC(=O)CC4(O)CC(=O)OC3(O)OC4=O)C1(O)OC2=O. The molecule has 0 saturated carbocycles. The van der Waals surface area contributed by atoms with E-state index in [0.29, 0.717) is 0 Å². The lowest BCUT2D eigenvalue weighted by molar-refractivity contribution is -0.512. The molecule has 0 aromatic carbocycles. The van der Waals surface area contributed by atoms with Crippen LogP contribution in [0.25, 0.3) is 0 Å². The number of cyclic esters (lactones) is 1. The van der Waals surface area contributed by atoms with Crippen LogP contribution in [0.15, 0.2) is 0 Å². The second-order valence-corrected chi connectivity index (χ2v) is 8.63. The van der Waals surface area contributed by atoms with Crippen molar-refractivity contribution in [2.24, 2.45) is 0 Å². The fourth-order valence-electron chi connectivity index (χ4n) is 4.23. The Hall–Kier alpha value is -3.34. The second kappa shape index (κ2) is 7.58. The first kappa shape index (κ1) is 24.8. The molecule has 4 aliphatic heterocycles. The fraction of sp³-hybridized carbons (Fsp3) is 0.684. The van der Waals surface area contributed by atoms with Crippen LogP contribution in [0.2, 0.25) is 0 Å². The van der Waals surface area contributed by atoms with E-state index in [9.17, 15) is 49.2 Å². The van der Waals surface area contributed by atoms with Gasteiger partial charge in [0.15, 0.2) is 17.3 Å². The van der Waals surface area contributed by atoms with Crippen LogP contribution >= 0.6 is 0 Å². The topological polar surface area (TPSA) is 239 Å². The Labute approximate surface area is 194 Å². The molecule has 4 aliphatic rings.